The number of ether oxygens (including phenoxy) is 2. The molecular weight excluding hydrogens is 316 g/mol. The lowest BCUT2D eigenvalue weighted by atomic mass is 9.83. The minimum absolute atomic E-state index is 0.198. The molecule has 0 aliphatic carbocycles. The van der Waals surface area contributed by atoms with Gasteiger partial charge in [0.1, 0.15) is 11.4 Å². The number of nitrogens with zero attached hydrogens (tertiary/aromatic N) is 2. The first-order chi connectivity index (χ1) is 12.2. The first kappa shape index (κ1) is 15.5. The second-order valence-electron chi connectivity index (χ2n) is 5.90. The lowest BCUT2D eigenvalue weighted by molar-refractivity contribution is 0.0783. The van der Waals surface area contributed by atoms with Crippen molar-refractivity contribution in [3.05, 3.63) is 84.5 Å². The van der Waals surface area contributed by atoms with Gasteiger partial charge < -0.3 is 19.1 Å². The van der Waals surface area contributed by atoms with Crippen LogP contribution in [0, 0.1) is 0 Å². The quantitative estimate of drug-likeness (QED) is 0.778. The third-order valence-corrected chi connectivity index (χ3v) is 4.46. The molecule has 1 aromatic heterocycles. The molecule has 0 radical (unpaired) electrons. The van der Waals surface area contributed by atoms with Gasteiger partial charge in [-0.15, -0.1) is 0 Å². The van der Waals surface area contributed by atoms with Crippen molar-refractivity contribution in [2.45, 2.75) is 12.0 Å². The van der Waals surface area contributed by atoms with Gasteiger partial charge in [0.2, 0.25) is 6.79 Å². The maximum absolute atomic E-state index is 11.7. The van der Waals surface area contributed by atoms with Crippen LogP contribution in [0.15, 0.2) is 67.5 Å². The molecule has 0 fully saturated rings. The summed E-state index contributed by atoms with van der Waals surface area (Å²) >= 11 is 0. The van der Waals surface area contributed by atoms with E-state index in [1.807, 2.05) is 54.7 Å². The average Bonchev–Trinajstić information content (AvgIpc) is 3.30. The van der Waals surface area contributed by atoms with Gasteiger partial charge in [-0.3, -0.25) is 0 Å². The van der Waals surface area contributed by atoms with Gasteiger partial charge in [0.25, 0.3) is 0 Å². The van der Waals surface area contributed by atoms with E-state index in [9.17, 15) is 5.11 Å². The molecule has 1 N–H and O–H groups in total. The van der Waals surface area contributed by atoms with Gasteiger partial charge in [0.05, 0.1) is 0 Å². The van der Waals surface area contributed by atoms with Gasteiger partial charge in [0, 0.05) is 25.0 Å². The Labute approximate surface area is 145 Å². The summed E-state index contributed by atoms with van der Waals surface area (Å²) in [6, 6.07) is 15.1. The van der Waals surface area contributed by atoms with E-state index in [0.29, 0.717) is 17.9 Å². The van der Waals surface area contributed by atoms with Crippen LogP contribution in [0.5, 0.6) is 11.5 Å². The van der Waals surface area contributed by atoms with Gasteiger partial charge in [-0.2, -0.15) is 0 Å². The Hall–Kier alpha value is -3.05. The van der Waals surface area contributed by atoms with E-state index in [2.05, 4.69) is 11.6 Å². The highest BCUT2D eigenvalue weighted by Crippen LogP contribution is 2.39. The van der Waals surface area contributed by atoms with Gasteiger partial charge in [-0.1, -0.05) is 43.0 Å². The summed E-state index contributed by atoms with van der Waals surface area (Å²) in [5, 5.41) is 11.7. The Bertz CT molecular complexity index is 904. The van der Waals surface area contributed by atoms with E-state index in [1.54, 1.807) is 17.0 Å². The Morgan fingerprint density at radius 1 is 1.12 bits per heavy atom. The molecule has 0 spiro atoms. The SMILES string of the molecule is C=Cn1ccnc1C[C@@](O)(c1ccccc1)c1ccc2c(c1)OCO2. The lowest BCUT2D eigenvalue weighted by Gasteiger charge is -2.29. The van der Waals surface area contributed by atoms with Crippen LogP contribution in [0.3, 0.4) is 0 Å². The van der Waals surface area contributed by atoms with Crippen molar-refractivity contribution < 1.29 is 14.6 Å². The van der Waals surface area contributed by atoms with Gasteiger partial charge in [-0.05, 0) is 23.3 Å². The highest BCUT2D eigenvalue weighted by Gasteiger charge is 2.34. The molecular formula is C20H18N2O3. The largest absolute Gasteiger partial charge is 0.454 e. The first-order valence-electron chi connectivity index (χ1n) is 8.03. The smallest absolute Gasteiger partial charge is 0.231 e. The fourth-order valence-corrected chi connectivity index (χ4v) is 3.11. The highest BCUT2D eigenvalue weighted by atomic mass is 16.7. The molecule has 2 heterocycles. The number of rotatable bonds is 5. The van der Waals surface area contributed by atoms with Crippen molar-refractivity contribution in [3.63, 3.8) is 0 Å². The minimum atomic E-state index is -1.26. The van der Waals surface area contributed by atoms with Crippen molar-refractivity contribution in [2.24, 2.45) is 0 Å². The van der Waals surface area contributed by atoms with Gasteiger partial charge >= 0.3 is 0 Å². The Kier molecular flexibility index (Phi) is 3.78. The van der Waals surface area contributed by atoms with Crippen LogP contribution >= 0.6 is 0 Å². The Balaban J connectivity index is 1.83. The lowest BCUT2D eigenvalue weighted by Crippen LogP contribution is -2.31. The third kappa shape index (κ3) is 2.68. The van der Waals surface area contributed by atoms with Crippen LogP contribution in [-0.4, -0.2) is 21.5 Å². The number of hydrogen-bond acceptors (Lipinski definition) is 4. The number of benzene rings is 2. The maximum atomic E-state index is 11.7. The average molecular weight is 334 g/mol. The molecule has 0 bridgehead atoms. The summed E-state index contributed by atoms with van der Waals surface area (Å²) in [6.07, 6.45) is 5.48. The summed E-state index contributed by atoms with van der Waals surface area (Å²) in [4.78, 5) is 4.37. The monoisotopic (exact) mass is 334 g/mol. The molecule has 1 aliphatic heterocycles. The zero-order valence-corrected chi connectivity index (χ0v) is 13.6. The minimum Gasteiger partial charge on any atom is -0.454 e. The summed E-state index contributed by atoms with van der Waals surface area (Å²) in [6.45, 7) is 3.99. The maximum Gasteiger partial charge on any atom is 0.231 e. The topological polar surface area (TPSA) is 56.5 Å². The molecule has 5 heteroatoms. The van der Waals surface area contributed by atoms with Crippen molar-refractivity contribution in [1.82, 2.24) is 9.55 Å². The summed E-state index contributed by atoms with van der Waals surface area (Å²) in [5.74, 6) is 2.05. The fourth-order valence-electron chi connectivity index (χ4n) is 3.11. The van der Waals surface area contributed by atoms with Crippen LogP contribution in [0.2, 0.25) is 0 Å². The van der Waals surface area contributed by atoms with E-state index in [0.717, 1.165) is 17.0 Å². The standard InChI is InChI=1S/C20H18N2O3/c1-2-22-11-10-21-19(22)13-20(23,15-6-4-3-5-7-15)16-8-9-17-18(12-16)25-14-24-17/h2-12,23H,1,13-14H2/t20-/m1/s1. The zero-order chi connectivity index (χ0) is 17.3. The number of aromatic nitrogens is 2. The number of imidazole rings is 1. The second-order valence-corrected chi connectivity index (χ2v) is 5.90. The third-order valence-electron chi connectivity index (χ3n) is 4.46. The van der Waals surface area contributed by atoms with Gasteiger partial charge in [-0.25, -0.2) is 4.98 Å². The molecule has 2 aromatic carbocycles. The summed E-state index contributed by atoms with van der Waals surface area (Å²) in [7, 11) is 0. The van der Waals surface area contributed by atoms with Crippen molar-refractivity contribution in [1.29, 1.82) is 0 Å². The molecule has 1 atom stereocenters. The molecule has 25 heavy (non-hydrogen) atoms. The summed E-state index contributed by atoms with van der Waals surface area (Å²) in [5.41, 5.74) is 0.253. The fraction of sp³-hybridized carbons (Fsp3) is 0.150. The van der Waals surface area contributed by atoms with E-state index in [1.165, 1.54) is 0 Å². The highest BCUT2D eigenvalue weighted by molar-refractivity contribution is 5.49. The van der Waals surface area contributed by atoms with Crippen LogP contribution in [-0.2, 0) is 12.0 Å². The van der Waals surface area contributed by atoms with Crippen molar-refractivity contribution in [2.75, 3.05) is 6.79 Å². The van der Waals surface area contributed by atoms with Crippen LogP contribution in [0.25, 0.3) is 6.20 Å². The molecule has 4 rings (SSSR count). The zero-order valence-electron chi connectivity index (χ0n) is 13.6. The Morgan fingerprint density at radius 3 is 2.72 bits per heavy atom. The first-order valence-corrected chi connectivity index (χ1v) is 8.03. The molecule has 126 valence electrons. The van der Waals surface area contributed by atoms with E-state index >= 15 is 0 Å². The molecule has 0 amide bonds. The second kappa shape index (κ2) is 6.11. The Morgan fingerprint density at radius 2 is 1.92 bits per heavy atom. The van der Waals surface area contributed by atoms with E-state index in [-0.39, 0.29) is 6.79 Å². The number of hydrogen-bond donors (Lipinski definition) is 1. The number of aliphatic hydroxyl groups is 1. The molecule has 5 nitrogen and oxygen atoms in total. The predicted octanol–water partition coefficient (Wildman–Crippen LogP) is 3.19. The van der Waals surface area contributed by atoms with Crippen molar-refractivity contribution in [3.8, 4) is 11.5 Å². The predicted molar refractivity (Wildman–Crippen MR) is 94.3 cm³/mol. The van der Waals surface area contributed by atoms with Gasteiger partial charge in [0.15, 0.2) is 11.5 Å². The molecule has 3 aromatic rings. The molecule has 0 saturated carbocycles. The number of fused-ring (bicyclic) bond motifs is 1. The van der Waals surface area contributed by atoms with Crippen molar-refractivity contribution >= 4 is 6.20 Å². The van der Waals surface area contributed by atoms with Crippen LogP contribution in [0.1, 0.15) is 17.0 Å². The van der Waals surface area contributed by atoms with E-state index < -0.39 is 5.60 Å². The molecule has 1 aliphatic rings. The summed E-state index contributed by atoms with van der Waals surface area (Å²) < 4.78 is 12.7. The van der Waals surface area contributed by atoms with Crippen LogP contribution in [0.4, 0.5) is 0 Å². The molecule has 0 saturated heterocycles. The van der Waals surface area contributed by atoms with E-state index in [4.69, 9.17) is 9.47 Å². The molecule has 0 unspecified atom stereocenters. The van der Waals surface area contributed by atoms with Crippen LogP contribution < -0.4 is 9.47 Å². The normalized spacial score (nSPS) is 14.9.